The van der Waals surface area contributed by atoms with Gasteiger partial charge in [0.1, 0.15) is 12.2 Å². The van der Waals surface area contributed by atoms with Crippen LogP contribution in [-0.2, 0) is 17.3 Å². The van der Waals surface area contributed by atoms with Crippen LogP contribution in [0.5, 0.6) is 0 Å². The monoisotopic (exact) mass is 315 g/mol. The van der Waals surface area contributed by atoms with Crippen LogP contribution in [0.2, 0.25) is 0 Å². The largest absolute Gasteiger partial charge is 0.320 e. The average Bonchev–Trinajstić information content (AvgIpc) is 2.91. The Morgan fingerprint density at radius 1 is 1.48 bits per heavy atom. The minimum atomic E-state index is -3.36. The standard InChI is InChI=1S/C13H25N5O2S/c1-4-5-8-17(3)21(19,20)18-9-6-7-12(10-18)13-15-14-11-16(13)2/h11-12H,4-10H2,1-3H3. The fourth-order valence-corrected chi connectivity index (χ4v) is 4.20. The molecule has 1 fully saturated rings. The van der Waals surface area contributed by atoms with E-state index >= 15 is 0 Å². The van der Waals surface area contributed by atoms with E-state index in [4.69, 9.17) is 0 Å². The van der Waals surface area contributed by atoms with Gasteiger partial charge in [0.2, 0.25) is 0 Å². The third-order valence-electron chi connectivity index (χ3n) is 4.04. The minimum Gasteiger partial charge on any atom is -0.320 e. The Balaban J connectivity index is 2.08. The number of hydrogen-bond acceptors (Lipinski definition) is 4. The van der Waals surface area contributed by atoms with Crippen molar-refractivity contribution in [3.8, 4) is 0 Å². The molecular formula is C13H25N5O2S. The minimum absolute atomic E-state index is 0.126. The van der Waals surface area contributed by atoms with Gasteiger partial charge in [0.15, 0.2) is 0 Å². The van der Waals surface area contributed by atoms with Gasteiger partial charge in [-0.2, -0.15) is 17.0 Å². The van der Waals surface area contributed by atoms with Crippen LogP contribution in [0.4, 0.5) is 0 Å². The van der Waals surface area contributed by atoms with Crippen molar-refractivity contribution in [1.82, 2.24) is 23.4 Å². The number of piperidine rings is 1. The van der Waals surface area contributed by atoms with Crippen LogP contribution in [0.3, 0.4) is 0 Å². The first-order chi connectivity index (χ1) is 9.96. The molecule has 7 nitrogen and oxygen atoms in total. The molecule has 0 amide bonds. The lowest BCUT2D eigenvalue weighted by atomic mass is 9.99. The molecule has 0 bridgehead atoms. The summed E-state index contributed by atoms with van der Waals surface area (Å²) in [5, 5.41) is 8.02. The van der Waals surface area contributed by atoms with E-state index in [0.717, 1.165) is 31.5 Å². The highest BCUT2D eigenvalue weighted by atomic mass is 32.2. The molecule has 120 valence electrons. The highest BCUT2D eigenvalue weighted by Crippen LogP contribution is 2.27. The second-order valence-electron chi connectivity index (χ2n) is 5.68. The van der Waals surface area contributed by atoms with Gasteiger partial charge in [0, 0.05) is 39.6 Å². The van der Waals surface area contributed by atoms with Crippen molar-refractivity contribution < 1.29 is 8.42 Å². The Morgan fingerprint density at radius 2 is 2.24 bits per heavy atom. The maximum Gasteiger partial charge on any atom is 0.281 e. The summed E-state index contributed by atoms with van der Waals surface area (Å²) in [5.41, 5.74) is 0. The van der Waals surface area contributed by atoms with E-state index in [9.17, 15) is 8.42 Å². The predicted molar refractivity (Wildman–Crippen MR) is 81.0 cm³/mol. The molecule has 8 heteroatoms. The molecule has 2 heterocycles. The molecule has 1 aliphatic rings. The molecule has 21 heavy (non-hydrogen) atoms. The number of hydrogen-bond donors (Lipinski definition) is 0. The van der Waals surface area contributed by atoms with Gasteiger partial charge in [-0.15, -0.1) is 10.2 Å². The molecule has 0 N–H and O–H groups in total. The Bertz CT molecular complexity index is 557. The Hall–Kier alpha value is -0.990. The van der Waals surface area contributed by atoms with Crippen molar-refractivity contribution in [2.75, 3.05) is 26.7 Å². The quantitative estimate of drug-likeness (QED) is 0.784. The van der Waals surface area contributed by atoms with Crippen molar-refractivity contribution in [3.05, 3.63) is 12.2 Å². The average molecular weight is 315 g/mol. The Labute approximate surface area is 127 Å². The summed E-state index contributed by atoms with van der Waals surface area (Å²) in [6.07, 6.45) is 5.35. The fourth-order valence-electron chi connectivity index (χ4n) is 2.72. The molecule has 1 atom stereocenters. The molecule has 1 unspecified atom stereocenters. The van der Waals surface area contributed by atoms with Gasteiger partial charge >= 0.3 is 0 Å². The second kappa shape index (κ2) is 6.85. The van der Waals surface area contributed by atoms with Gasteiger partial charge in [-0.1, -0.05) is 13.3 Å². The van der Waals surface area contributed by atoms with E-state index in [1.54, 1.807) is 17.7 Å². The lowest BCUT2D eigenvalue weighted by Crippen LogP contribution is -2.46. The zero-order chi connectivity index (χ0) is 15.5. The molecule has 1 aromatic heterocycles. The van der Waals surface area contributed by atoms with Gasteiger partial charge in [-0.3, -0.25) is 0 Å². The molecule has 0 spiro atoms. The molecule has 2 rings (SSSR count). The van der Waals surface area contributed by atoms with E-state index in [1.165, 1.54) is 4.31 Å². The predicted octanol–water partition coefficient (Wildman–Crippen LogP) is 0.971. The number of aromatic nitrogens is 3. The molecule has 1 saturated heterocycles. The first-order valence-electron chi connectivity index (χ1n) is 7.52. The number of unbranched alkanes of at least 4 members (excludes halogenated alkanes) is 1. The molecule has 0 saturated carbocycles. The summed E-state index contributed by atoms with van der Waals surface area (Å²) in [5.74, 6) is 0.992. The van der Waals surface area contributed by atoms with E-state index in [0.29, 0.717) is 19.6 Å². The SMILES string of the molecule is CCCCN(C)S(=O)(=O)N1CCCC(c2nncn2C)C1. The normalized spacial score (nSPS) is 21.0. The van der Waals surface area contributed by atoms with E-state index < -0.39 is 10.2 Å². The molecule has 1 aliphatic heterocycles. The van der Waals surface area contributed by atoms with Crippen LogP contribution in [0.1, 0.15) is 44.3 Å². The highest BCUT2D eigenvalue weighted by molar-refractivity contribution is 7.86. The van der Waals surface area contributed by atoms with Crippen LogP contribution in [0.25, 0.3) is 0 Å². The van der Waals surface area contributed by atoms with Gasteiger partial charge in [-0.05, 0) is 19.3 Å². The van der Waals surface area contributed by atoms with E-state index in [2.05, 4.69) is 17.1 Å². The lowest BCUT2D eigenvalue weighted by molar-refractivity contribution is 0.284. The van der Waals surface area contributed by atoms with Crippen LogP contribution in [0.15, 0.2) is 6.33 Å². The lowest BCUT2D eigenvalue weighted by Gasteiger charge is -2.33. The summed E-state index contributed by atoms with van der Waals surface area (Å²) in [4.78, 5) is 0. The number of rotatable bonds is 6. The zero-order valence-electron chi connectivity index (χ0n) is 13.1. The van der Waals surface area contributed by atoms with Crippen molar-refractivity contribution in [2.24, 2.45) is 7.05 Å². The number of aryl methyl sites for hydroxylation is 1. The number of nitrogens with zero attached hydrogens (tertiary/aromatic N) is 5. The van der Waals surface area contributed by atoms with Gasteiger partial charge in [0.25, 0.3) is 10.2 Å². The first kappa shape index (κ1) is 16.4. The summed E-state index contributed by atoms with van der Waals surface area (Å²) >= 11 is 0. The molecule has 1 aromatic rings. The van der Waals surface area contributed by atoms with Crippen molar-refractivity contribution >= 4 is 10.2 Å². The Morgan fingerprint density at radius 3 is 2.86 bits per heavy atom. The highest BCUT2D eigenvalue weighted by Gasteiger charge is 2.33. The van der Waals surface area contributed by atoms with Crippen LogP contribution >= 0.6 is 0 Å². The van der Waals surface area contributed by atoms with Crippen LogP contribution in [0, 0.1) is 0 Å². The topological polar surface area (TPSA) is 71.3 Å². The second-order valence-corrected chi connectivity index (χ2v) is 7.72. The van der Waals surface area contributed by atoms with Crippen molar-refractivity contribution in [2.45, 2.75) is 38.5 Å². The third-order valence-corrected chi connectivity index (χ3v) is 6.00. The van der Waals surface area contributed by atoms with Gasteiger partial charge < -0.3 is 4.57 Å². The summed E-state index contributed by atoms with van der Waals surface area (Å²) in [6.45, 7) is 3.72. The zero-order valence-corrected chi connectivity index (χ0v) is 13.9. The van der Waals surface area contributed by atoms with E-state index in [1.807, 2.05) is 11.6 Å². The third kappa shape index (κ3) is 3.61. The van der Waals surface area contributed by atoms with Gasteiger partial charge in [0.05, 0.1) is 0 Å². The Kier molecular flexibility index (Phi) is 5.34. The summed E-state index contributed by atoms with van der Waals surface area (Å²) in [7, 11) is 0.201. The summed E-state index contributed by atoms with van der Waals surface area (Å²) < 4.78 is 30.1. The van der Waals surface area contributed by atoms with Crippen LogP contribution < -0.4 is 0 Å². The maximum absolute atomic E-state index is 12.6. The van der Waals surface area contributed by atoms with Crippen molar-refractivity contribution in [3.63, 3.8) is 0 Å². The fraction of sp³-hybridized carbons (Fsp3) is 0.846. The van der Waals surface area contributed by atoms with E-state index in [-0.39, 0.29) is 5.92 Å². The molecular weight excluding hydrogens is 290 g/mol. The molecule has 0 aromatic carbocycles. The smallest absolute Gasteiger partial charge is 0.281 e. The molecule has 0 radical (unpaired) electrons. The summed E-state index contributed by atoms with van der Waals surface area (Å²) in [6, 6.07) is 0. The maximum atomic E-state index is 12.6. The van der Waals surface area contributed by atoms with Gasteiger partial charge in [-0.25, -0.2) is 0 Å². The first-order valence-corrected chi connectivity index (χ1v) is 8.91. The van der Waals surface area contributed by atoms with Crippen molar-refractivity contribution in [1.29, 1.82) is 0 Å². The van der Waals surface area contributed by atoms with Crippen LogP contribution in [-0.4, -0.2) is 58.5 Å². The molecule has 0 aliphatic carbocycles.